The molecule has 2 nitrogen and oxygen atoms in total. The van der Waals surface area contributed by atoms with E-state index < -0.39 is 0 Å². The summed E-state index contributed by atoms with van der Waals surface area (Å²) in [5.74, 6) is 0.747. The fourth-order valence-corrected chi connectivity index (χ4v) is 3.61. The van der Waals surface area contributed by atoms with Crippen LogP contribution in [-0.2, 0) is 0 Å². The van der Waals surface area contributed by atoms with E-state index in [9.17, 15) is 0 Å². The Morgan fingerprint density at radius 3 is 2.03 bits per heavy atom. The molecule has 4 aromatic carbocycles. The lowest BCUT2D eigenvalue weighted by Gasteiger charge is -2.10. The third-order valence-electron chi connectivity index (χ3n) is 5.16. The molecule has 0 aliphatic carbocycles. The molecule has 0 aliphatic heterocycles. The molecule has 1 heterocycles. The van der Waals surface area contributed by atoms with E-state index in [4.69, 9.17) is 9.97 Å². The molecule has 0 atom stereocenters. The number of rotatable bonds is 3. The molecule has 5 rings (SSSR count). The first-order valence-electron chi connectivity index (χ1n) is 9.78. The Bertz CT molecular complexity index is 1290. The second-order valence-corrected chi connectivity index (χ2v) is 7.23. The van der Waals surface area contributed by atoms with Crippen molar-refractivity contribution in [3.63, 3.8) is 0 Å². The zero-order valence-electron chi connectivity index (χ0n) is 16.2. The van der Waals surface area contributed by atoms with Gasteiger partial charge in [-0.3, -0.25) is 0 Å². The molecule has 0 amide bonds. The molecule has 0 aliphatic rings. The average Bonchev–Trinajstić information content (AvgIpc) is 2.79. The van der Waals surface area contributed by atoms with E-state index in [1.54, 1.807) is 0 Å². The number of nitrogens with zero attached hydrogens (tertiary/aromatic N) is 2. The highest BCUT2D eigenvalue weighted by molar-refractivity contribution is 5.93. The summed E-state index contributed by atoms with van der Waals surface area (Å²) < 4.78 is 0. The van der Waals surface area contributed by atoms with Crippen LogP contribution in [0.3, 0.4) is 0 Å². The molecular formula is C27H20N2. The fraction of sp³-hybridized carbons (Fsp3) is 0.0370. The van der Waals surface area contributed by atoms with E-state index in [0.29, 0.717) is 0 Å². The number of fused-ring (bicyclic) bond motifs is 1. The van der Waals surface area contributed by atoms with E-state index in [0.717, 1.165) is 39.1 Å². The molecular weight excluding hydrogens is 352 g/mol. The van der Waals surface area contributed by atoms with Gasteiger partial charge in [0.15, 0.2) is 5.82 Å². The summed E-state index contributed by atoms with van der Waals surface area (Å²) >= 11 is 0. The van der Waals surface area contributed by atoms with Gasteiger partial charge in [0.1, 0.15) is 0 Å². The first kappa shape index (κ1) is 17.3. The average molecular weight is 372 g/mol. The van der Waals surface area contributed by atoms with Gasteiger partial charge in [0, 0.05) is 16.5 Å². The van der Waals surface area contributed by atoms with Crippen molar-refractivity contribution in [3.8, 4) is 33.8 Å². The number of hydrogen-bond acceptors (Lipinski definition) is 2. The topological polar surface area (TPSA) is 25.8 Å². The van der Waals surface area contributed by atoms with Crippen molar-refractivity contribution in [3.05, 3.63) is 109 Å². The van der Waals surface area contributed by atoms with Gasteiger partial charge in [-0.25, -0.2) is 9.97 Å². The molecule has 29 heavy (non-hydrogen) atoms. The van der Waals surface area contributed by atoms with Crippen molar-refractivity contribution in [2.45, 2.75) is 6.92 Å². The van der Waals surface area contributed by atoms with Crippen LogP contribution in [0.4, 0.5) is 0 Å². The smallest absolute Gasteiger partial charge is 0.160 e. The van der Waals surface area contributed by atoms with Gasteiger partial charge in [-0.1, -0.05) is 96.6 Å². The second-order valence-electron chi connectivity index (χ2n) is 7.23. The minimum Gasteiger partial charge on any atom is -0.228 e. The zero-order chi connectivity index (χ0) is 19.6. The highest BCUT2D eigenvalue weighted by atomic mass is 14.9. The van der Waals surface area contributed by atoms with Crippen LogP contribution in [0.2, 0.25) is 0 Å². The number of aromatic nitrogens is 2. The Hall–Kier alpha value is -3.78. The van der Waals surface area contributed by atoms with Crippen LogP contribution >= 0.6 is 0 Å². The first-order valence-corrected chi connectivity index (χ1v) is 9.78. The zero-order valence-corrected chi connectivity index (χ0v) is 16.2. The summed E-state index contributed by atoms with van der Waals surface area (Å²) in [5.41, 5.74) is 7.64. The molecule has 0 saturated carbocycles. The minimum atomic E-state index is 0.747. The lowest BCUT2D eigenvalue weighted by Crippen LogP contribution is -1.95. The predicted molar refractivity (Wildman–Crippen MR) is 121 cm³/mol. The number of para-hydroxylation sites is 1. The summed E-state index contributed by atoms with van der Waals surface area (Å²) in [6.07, 6.45) is 0. The van der Waals surface area contributed by atoms with Gasteiger partial charge in [0.25, 0.3) is 0 Å². The summed E-state index contributed by atoms with van der Waals surface area (Å²) in [4.78, 5) is 9.87. The van der Waals surface area contributed by atoms with Crippen LogP contribution in [0.25, 0.3) is 44.7 Å². The van der Waals surface area contributed by atoms with Crippen molar-refractivity contribution in [2.75, 3.05) is 0 Å². The number of aryl methyl sites for hydroxylation is 1. The standard InChI is InChI=1S/C27H20N2/c1-19-14-16-21(17-15-19)26-24-12-5-6-13-25(24)28-27(29-26)23-11-7-10-22(18-23)20-8-3-2-4-9-20/h2-18H,1H3. The van der Waals surface area contributed by atoms with Crippen LogP contribution in [0.15, 0.2) is 103 Å². The maximum Gasteiger partial charge on any atom is 0.160 e. The number of hydrogen-bond donors (Lipinski definition) is 0. The Morgan fingerprint density at radius 2 is 1.21 bits per heavy atom. The highest BCUT2D eigenvalue weighted by Gasteiger charge is 2.12. The van der Waals surface area contributed by atoms with Gasteiger partial charge < -0.3 is 0 Å². The maximum atomic E-state index is 4.99. The van der Waals surface area contributed by atoms with Crippen LogP contribution in [-0.4, -0.2) is 9.97 Å². The van der Waals surface area contributed by atoms with Crippen molar-refractivity contribution in [1.82, 2.24) is 9.97 Å². The Kier molecular flexibility index (Phi) is 4.38. The molecule has 138 valence electrons. The summed E-state index contributed by atoms with van der Waals surface area (Å²) in [6, 6.07) is 35.6. The Morgan fingerprint density at radius 1 is 0.517 bits per heavy atom. The molecule has 2 heteroatoms. The van der Waals surface area contributed by atoms with Crippen molar-refractivity contribution in [2.24, 2.45) is 0 Å². The van der Waals surface area contributed by atoms with Crippen molar-refractivity contribution >= 4 is 10.9 Å². The lowest BCUT2D eigenvalue weighted by molar-refractivity contribution is 1.23. The maximum absolute atomic E-state index is 4.99. The van der Waals surface area contributed by atoms with Gasteiger partial charge >= 0.3 is 0 Å². The van der Waals surface area contributed by atoms with Gasteiger partial charge in [-0.15, -0.1) is 0 Å². The third-order valence-corrected chi connectivity index (χ3v) is 5.16. The molecule has 0 bridgehead atoms. The van der Waals surface area contributed by atoms with Crippen LogP contribution < -0.4 is 0 Å². The Labute approximate surface area is 170 Å². The molecule has 0 fully saturated rings. The van der Waals surface area contributed by atoms with Crippen molar-refractivity contribution < 1.29 is 0 Å². The molecule has 0 saturated heterocycles. The van der Waals surface area contributed by atoms with E-state index >= 15 is 0 Å². The summed E-state index contributed by atoms with van der Waals surface area (Å²) in [5, 5.41) is 1.07. The minimum absolute atomic E-state index is 0.747. The summed E-state index contributed by atoms with van der Waals surface area (Å²) in [7, 11) is 0. The van der Waals surface area contributed by atoms with E-state index in [1.807, 2.05) is 18.2 Å². The van der Waals surface area contributed by atoms with Gasteiger partial charge in [-0.05, 0) is 30.2 Å². The van der Waals surface area contributed by atoms with E-state index in [2.05, 4.69) is 91.9 Å². The Balaban J connectivity index is 1.69. The normalized spacial score (nSPS) is 10.9. The summed E-state index contributed by atoms with van der Waals surface area (Å²) in [6.45, 7) is 2.10. The van der Waals surface area contributed by atoms with Crippen LogP contribution in [0, 0.1) is 6.92 Å². The predicted octanol–water partition coefficient (Wildman–Crippen LogP) is 6.94. The van der Waals surface area contributed by atoms with Crippen LogP contribution in [0.5, 0.6) is 0 Å². The third kappa shape index (κ3) is 3.41. The van der Waals surface area contributed by atoms with Crippen LogP contribution in [0.1, 0.15) is 5.56 Å². The fourth-order valence-electron chi connectivity index (χ4n) is 3.61. The largest absolute Gasteiger partial charge is 0.228 e. The lowest BCUT2D eigenvalue weighted by atomic mass is 10.0. The highest BCUT2D eigenvalue weighted by Crippen LogP contribution is 2.30. The molecule has 0 radical (unpaired) electrons. The van der Waals surface area contributed by atoms with Gasteiger partial charge in [0.05, 0.1) is 11.2 Å². The molecule has 0 spiro atoms. The van der Waals surface area contributed by atoms with Gasteiger partial charge in [-0.2, -0.15) is 0 Å². The molecule has 0 unspecified atom stereocenters. The quantitative estimate of drug-likeness (QED) is 0.343. The monoisotopic (exact) mass is 372 g/mol. The van der Waals surface area contributed by atoms with E-state index in [1.165, 1.54) is 11.1 Å². The second kappa shape index (κ2) is 7.33. The first-order chi connectivity index (χ1) is 14.3. The van der Waals surface area contributed by atoms with Crippen molar-refractivity contribution in [1.29, 1.82) is 0 Å². The van der Waals surface area contributed by atoms with Gasteiger partial charge in [0.2, 0.25) is 0 Å². The molecule has 0 N–H and O–H groups in total. The van der Waals surface area contributed by atoms with E-state index in [-0.39, 0.29) is 0 Å². The molecule has 1 aromatic heterocycles. The number of benzene rings is 4. The SMILES string of the molecule is Cc1ccc(-c2nc(-c3cccc(-c4ccccc4)c3)nc3ccccc23)cc1. The molecule has 5 aromatic rings.